The molecule has 0 bridgehead atoms. The molecule has 0 aliphatic carbocycles. The van der Waals surface area contributed by atoms with E-state index in [1.165, 1.54) is 0 Å². The second-order valence-electron chi connectivity index (χ2n) is 4.97. The first-order valence-electron chi connectivity index (χ1n) is 6.62. The minimum atomic E-state index is -4.34. The van der Waals surface area contributed by atoms with Gasteiger partial charge in [-0.1, -0.05) is 11.6 Å². The van der Waals surface area contributed by atoms with Crippen molar-refractivity contribution >= 4 is 11.6 Å². The third-order valence-corrected chi connectivity index (χ3v) is 3.36. The molecule has 0 aromatic heterocycles. The quantitative estimate of drug-likeness (QED) is 0.817. The maximum absolute atomic E-state index is 11.9. The Labute approximate surface area is 125 Å². The maximum Gasteiger partial charge on any atom is 0.411 e. The number of hydrogen-bond acceptors (Lipinski definition) is 3. The summed E-state index contributed by atoms with van der Waals surface area (Å²) < 4.78 is 45.7. The number of ether oxygens (including phenoxy) is 2. The highest BCUT2D eigenvalue weighted by Crippen LogP contribution is 2.33. The van der Waals surface area contributed by atoms with E-state index < -0.39 is 18.9 Å². The SMILES string of the molecule is OC(CCOCC(F)(F)F)Cc1cc(Cl)cc2c1OCC2. The molecule has 3 nitrogen and oxygen atoms in total. The van der Waals surface area contributed by atoms with Crippen molar-refractivity contribution in [2.24, 2.45) is 0 Å². The molecule has 1 aromatic carbocycles. The first kappa shape index (κ1) is 16.4. The van der Waals surface area contributed by atoms with E-state index >= 15 is 0 Å². The average molecular weight is 325 g/mol. The molecule has 21 heavy (non-hydrogen) atoms. The zero-order valence-corrected chi connectivity index (χ0v) is 12.0. The van der Waals surface area contributed by atoms with Crippen LogP contribution in [0, 0.1) is 0 Å². The molecule has 1 aliphatic heterocycles. The van der Waals surface area contributed by atoms with Gasteiger partial charge < -0.3 is 14.6 Å². The Morgan fingerprint density at radius 2 is 2.14 bits per heavy atom. The fourth-order valence-electron chi connectivity index (χ4n) is 2.26. The third kappa shape index (κ3) is 5.05. The van der Waals surface area contributed by atoms with Crippen molar-refractivity contribution in [1.82, 2.24) is 0 Å². The lowest BCUT2D eigenvalue weighted by molar-refractivity contribution is -0.175. The van der Waals surface area contributed by atoms with E-state index in [1.54, 1.807) is 6.07 Å². The summed E-state index contributed by atoms with van der Waals surface area (Å²) in [5.41, 5.74) is 1.77. The highest BCUT2D eigenvalue weighted by molar-refractivity contribution is 6.30. The number of hydrogen-bond donors (Lipinski definition) is 1. The van der Waals surface area contributed by atoms with Gasteiger partial charge in [0, 0.05) is 24.5 Å². The molecule has 0 radical (unpaired) electrons. The molecule has 1 unspecified atom stereocenters. The number of aliphatic hydroxyl groups excluding tert-OH is 1. The van der Waals surface area contributed by atoms with Gasteiger partial charge in [0.05, 0.1) is 12.7 Å². The molecule has 1 atom stereocenters. The van der Waals surface area contributed by atoms with Crippen LogP contribution in [0.5, 0.6) is 5.75 Å². The van der Waals surface area contributed by atoms with Gasteiger partial charge in [0.25, 0.3) is 0 Å². The van der Waals surface area contributed by atoms with Gasteiger partial charge in [-0.25, -0.2) is 0 Å². The fraction of sp³-hybridized carbons (Fsp3) is 0.571. The maximum atomic E-state index is 11.9. The Morgan fingerprint density at radius 1 is 1.38 bits per heavy atom. The zero-order chi connectivity index (χ0) is 15.5. The second kappa shape index (κ2) is 6.85. The summed E-state index contributed by atoms with van der Waals surface area (Å²) in [4.78, 5) is 0. The van der Waals surface area contributed by atoms with Crippen LogP contribution in [-0.4, -0.2) is 37.2 Å². The molecule has 1 aliphatic rings. The van der Waals surface area contributed by atoms with Gasteiger partial charge in [-0.05, 0) is 29.7 Å². The number of alkyl halides is 3. The van der Waals surface area contributed by atoms with Crippen molar-refractivity contribution in [1.29, 1.82) is 0 Å². The molecule has 0 amide bonds. The summed E-state index contributed by atoms with van der Waals surface area (Å²) in [5, 5.41) is 10.5. The monoisotopic (exact) mass is 324 g/mol. The second-order valence-corrected chi connectivity index (χ2v) is 5.40. The predicted octanol–water partition coefficient (Wildman–Crippen LogP) is 3.15. The number of benzene rings is 1. The summed E-state index contributed by atoms with van der Waals surface area (Å²) >= 11 is 6.00. The minimum absolute atomic E-state index is 0.122. The molecular weight excluding hydrogens is 309 g/mol. The van der Waals surface area contributed by atoms with Gasteiger partial charge >= 0.3 is 6.18 Å². The molecule has 1 N–H and O–H groups in total. The van der Waals surface area contributed by atoms with Crippen molar-refractivity contribution in [3.8, 4) is 5.75 Å². The van der Waals surface area contributed by atoms with Crippen LogP contribution in [0.2, 0.25) is 5.02 Å². The predicted molar refractivity (Wildman–Crippen MR) is 71.9 cm³/mol. The van der Waals surface area contributed by atoms with Gasteiger partial charge in [-0.15, -0.1) is 0 Å². The lowest BCUT2D eigenvalue weighted by Gasteiger charge is -2.14. The van der Waals surface area contributed by atoms with Gasteiger partial charge in [0.2, 0.25) is 0 Å². The molecule has 7 heteroatoms. The van der Waals surface area contributed by atoms with Crippen molar-refractivity contribution in [2.75, 3.05) is 19.8 Å². The van der Waals surface area contributed by atoms with E-state index in [1.807, 2.05) is 6.07 Å². The smallest absolute Gasteiger partial charge is 0.411 e. The molecular formula is C14H16ClF3O3. The van der Waals surface area contributed by atoms with Crippen molar-refractivity contribution in [3.05, 3.63) is 28.3 Å². The van der Waals surface area contributed by atoms with E-state index in [2.05, 4.69) is 4.74 Å². The van der Waals surface area contributed by atoms with Crippen molar-refractivity contribution in [2.45, 2.75) is 31.5 Å². The summed E-state index contributed by atoms with van der Waals surface area (Å²) in [6, 6.07) is 3.54. The van der Waals surface area contributed by atoms with Gasteiger partial charge in [-0.2, -0.15) is 13.2 Å². The largest absolute Gasteiger partial charge is 0.493 e. The van der Waals surface area contributed by atoms with Gasteiger partial charge in [0.1, 0.15) is 12.4 Å². The van der Waals surface area contributed by atoms with E-state index in [-0.39, 0.29) is 19.4 Å². The Balaban J connectivity index is 1.85. The van der Waals surface area contributed by atoms with E-state index in [0.717, 1.165) is 23.3 Å². The molecule has 118 valence electrons. The molecule has 2 rings (SSSR count). The Hall–Kier alpha value is -0.980. The van der Waals surface area contributed by atoms with E-state index in [9.17, 15) is 18.3 Å². The van der Waals surface area contributed by atoms with Crippen LogP contribution in [0.4, 0.5) is 13.2 Å². The number of halogens is 4. The van der Waals surface area contributed by atoms with E-state index in [4.69, 9.17) is 16.3 Å². The lowest BCUT2D eigenvalue weighted by Crippen LogP contribution is -2.20. The van der Waals surface area contributed by atoms with Crippen molar-refractivity contribution < 1.29 is 27.8 Å². The highest BCUT2D eigenvalue weighted by Gasteiger charge is 2.27. The molecule has 0 spiro atoms. The van der Waals surface area contributed by atoms with Crippen LogP contribution < -0.4 is 4.74 Å². The van der Waals surface area contributed by atoms with Crippen LogP contribution in [0.15, 0.2) is 12.1 Å². The summed E-state index contributed by atoms with van der Waals surface area (Å²) in [6.45, 7) is -0.868. The number of aliphatic hydroxyl groups is 1. The Morgan fingerprint density at radius 3 is 2.86 bits per heavy atom. The van der Waals surface area contributed by atoms with Crippen LogP contribution in [0.25, 0.3) is 0 Å². The van der Waals surface area contributed by atoms with Crippen LogP contribution in [0.1, 0.15) is 17.5 Å². The molecule has 1 aromatic rings. The minimum Gasteiger partial charge on any atom is -0.493 e. The third-order valence-electron chi connectivity index (χ3n) is 3.14. The molecule has 0 saturated heterocycles. The van der Waals surface area contributed by atoms with Crippen LogP contribution >= 0.6 is 11.6 Å². The van der Waals surface area contributed by atoms with Crippen molar-refractivity contribution in [3.63, 3.8) is 0 Å². The summed E-state index contributed by atoms with van der Waals surface area (Å²) in [7, 11) is 0. The lowest BCUT2D eigenvalue weighted by atomic mass is 10.0. The van der Waals surface area contributed by atoms with Crippen LogP contribution in [-0.2, 0) is 17.6 Å². The fourth-order valence-corrected chi connectivity index (χ4v) is 2.52. The number of fused-ring (bicyclic) bond motifs is 1. The molecule has 0 fully saturated rings. The Bertz CT molecular complexity index is 491. The van der Waals surface area contributed by atoms with Crippen LogP contribution in [0.3, 0.4) is 0 Å². The topological polar surface area (TPSA) is 38.7 Å². The first-order chi connectivity index (χ1) is 9.85. The first-order valence-corrected chi connectivity index (χ1v) is 6.99. The normalized spacial score (nSPS) is 15.7. The summed E-state index contributed by atoms with van der Waals surface area (Å²) in [6.07, 6.45) is -3.97. The van der Waals surface area contributed by atoms with Gasteiger partial charge in [0.15, 0.2) is 0 Å². The number of rotatable bonds is 6. The zero-order valence-electron chi connectivity index (χ0n) is 11.3. The van der Waals surface area contributed by atoms with Gasteiger partial charge in [-0.3, -0.25) is 0 Å². The molecule has 0 saturated carbocycles. The highest BCUT2D eigenvalue weighted by atomic mass is 35.5. The Kier molecular flexibility index (Phi) is 5.35. The molecule has 1 heterocycles. The average Bonchev–Trinajstić information content (AvgIpc) is 2.81. The van der Waals surface area contributed by atoms with E-state index in [0.29, 0.717) is 11.6 Å². The summed E-state index contributed by atoms with van der Waals surface area (Å²) in [5.74, 6) is 0.731. The standard InChI is InChI=1S/C14H16ClF3O3/c15-11-5-9-1-4-21-13(9)10(6-11)7-12(19)2-3-20-8-14(16,17)18/h5-6,12,19H,1-4,7-8H2.